The highest BCUT2D eigenvalue weighted by Crippen LogP contribution is 2.34. The summed E-state index contributed by atoms with van der Waals surface area (Å²) < 4.78 is 43.8. The first kappa shape index (κ1) is 32.5. The largest absolute Gasteiger partial charge is 0.444 e. The number of carbonyl (C=O) groups excluding carboxylic acids is 2. The Hall–Kier alpha value is -2.69. The van der Waals surface area contributed by atoms with Gasteiger partial charge in [0.25, 0.3) is 5.91 Å². The summed E-state index contributed by atoms with van der Waals surface area (Å²) in [6.45, 7) is 15.8. The van der Waals surface area contributed by atoms with Crippen LogP contribution in [0.2, 0.25) is 0 Å². The number of ether oxygens (including phenoxy) is 1. The highest BCUT2D eigenvalue weighted by atomic mass is 32.2. The topological polar surface area (TPSA) is 92.4 Å². The Bertz CT molecular complexity index is 1160. The van der Waals surface area contributed by atoms with Gasteiger partial charge in [0.15, 0.2) is 0 Å². The molecule has 217 valence electrons. The van der Waals surface area contributed by atoms with Gasteiger partial charge in [0.1, 0.15) is 17.8 Å². The molecule has 0 saturated heterocycles. The quantitative estimate of drug-likeness (QED) is 0.287. The van der Waals surface area contributed by atoms with Crippen molar-refractivity contribution in [1.82, 2.24) is 15.6 Å². The number of amides is 2. The molecule has 0 bridgehead atoms. The summed E-state index contributed by atoms with van der Waals surface area (Å²) in [5.41, 5.74) is 1.40. The maximum absolute atomic E-state index is 13.2. The molecular weight excluding hydrogens is 529 g/mol. The molecule has 11 heteroatoms. The molecule has 0 aliphatic carbocycles. The van der Waals surface area contributed by atoms with E-state index >= 15 is 0 Å². The van der Waals surface area contributed by atoms with E-state index in [2.05, 4.69) is 27.9 Å². The molecule has 2 rings (SSSR count). The third-order valence-electron chi connectivity index (χ3n) is 5.49. The second-order valence-corrected chi connectivity index (χ2v) is 12.6. The van der Waals surface area contributed by atoms with E-state index in [0.29, 0.717) is 27.9 Å². The van der Waals surface area contributed by atoms with Gasteiger partial charge < -0.3 is 20.7 Å². The van der Waals surface area contributed by atoms with Gasteiger partial charge in [0, 0.05) is 23.4 Å². The van der Waals surface area contributed by atoms with Gasteiger partial charge in [-0.05, 0) is 74.6 Å². The number of aryl methyl sites for hydroxylation is 1. The van der Waals surface area contributed by atoms with Crippen LogP contribution in [0.25, 0.3) is 10.9 Å². The number of alkyl carbamates (subject to hydrolysis) is 1. The first-order chi connectivity index (χ1) is 17.9. The number of alkyl halides is 3. The van der Waals surface area contributed by atoms with Crippen molar-refractivity contribution in [2.75, 3.05) is 29.9 Å². The van der Waals surface area contributed by atoms with Crippen molar-refractivity contribution in [3.63, 3.8) is 0 Å². The number of hydrogen-bond donors (Lipinski definition) is 3. The van der Waals surface area contributed by atoms with Gasteiger partial charge >= 0.3 is 12.3 Å². The van der Waals surface area contributed by atoms with Crippen LogP contribution in [0.4, 0.5) is 23.7 Å². The number of fused-ring (bicyclic) bond motifs is 1. The molecule has 0 saturated carbocycles. The van der Waals surface area contributed by atoms with Gasteiger partial charge in [-0.2, -0.15) is 24.9 Å². The maximum atomic E-state index is 13.2. The monoisotopic (exact) mass is 569 g/mol. The molecule has 1 heterocycles. The Balaban J connectivity index is 2.31. The summed E-state index contributed by atoms with van der Waals surface area (Å²) in [7, 11) is 0. The van der Waals surface area contributed by atoms with Crippen LogP contribution in [-0.2, 0) is 10.2 Å². The minimum Gasteiger partial charge on any atom is -0.444 e. The lowest BCUT2D eigenvalue weighted by atomic mass is 9.84. The number of anilines is 1. The number of aromatic nitrogens is 1. The molecular formula is C28H40F3N4O3S. The zero-order chi connectivity index (χ0) is 29.6. The van der Waals surface area contributed by atoms with E-state index in [0.717, 1.165) is 17.7 Å². The van der Waals surface area contributed by atoms with Crippen LogP contribution >= 0.6 is 11.8 Å². The molecule has 1 aromatic carbocycles. The Morgan fingerprint density at radius 3 is 2.33 bits per heavy atom. The number of thioether (sulfide) groups is 1. The highest BCUT2D eigenvalue weighted by Gasteiger charge is 2.28. The van der Waals surface area contributed by atoms with E-state index in [1.165, 1.54) is 0 Å². The Morgan fingerprint density at radius 1 is 1.10 bits per heavy atom. The van der Waals surface area contributed by atoms with Crippen LogP contribution in [0.3, 0.4) is 0 Å². The average molecular weight is 570 g/mol. The predicted octanol–water partition coefficient (Wildman–Crippen LogP) is 6.40. The highest BCUT2D eigenvalue weighted by molar-refractivity contribution is 7.99. The summed E-state index contributed by atoms with van der Waals surface area (Å²) in [6, 6.07) is 4.52. The van der Waals surface area contributed by atoms with Gasteiger partial charge in [-0.3, -0.25) is 4.79 Å². The van der Waals surface area contributed by atoms with Crippen molar-refractivity contribution in [3.05, 3.63) is 41.9 Å². The zero-order valence-electron chi connectivity index (χ0n) is 23.8. The minimum atomic E-state index is -4.35. The molecule has 2 amide bonds. The van der Waals surface area contributed by atoms with E-state index in [9.17, 15) is 22.8 Å². The summed E-state index contributed by atoms with van der Waals surface area (Å²) in [4.78, 5) is 30.1. The molecule has 3 N–H and O–H groups in total. The molecule has 39 heavy (non-hydrogen) atoms. The van der Waals surface area contributed by atoms with Crippen molar-refractivity contribution in [2.24, 2.45) is 0 Å². The van der Waals surface area contributed by atoms with Gasteiger partial charge in [0.2, 0.25) is 0 Å². The first-order valence-corrected chi connectivity index (χ1v) is 14.0. The SMILES string of the molecule is [CH2]CCSCC(CNC(=O)c1cc(C)c2cc(NCC(F)(F)F)cc(C(C)(C)C)c2n1)NC(=O)OC(C)(C)C. The number of nitrogens with zero attached hydrogens (tertiary/aromatic N) is 1. The fourth-order valence-electron chi connectivity index (χ4n) is 3.74. The van der Waals surface area contributed by atoms with Crippen LogP contribution in [-0.4, -0.2) is 59.4 Å². The Labute approximate surface area is 233 Å². The molecule has 7 nitrogen and oxygen atoms in total. The second-order valence-electron chi connectivity index (χ2n) is 11.4. The number of benzene rings is 1. The standard InChI is InChI=1S/C28H40F3N4O3S/c1-9-10-39-15-19(34-25(37)38-27(6,7)8)14-32-24(36)22-11-17(2)20-12-18(33-16-28(29,30)31)13-21(23(20)35-22)26(3,4)5/h11-13,19,33H,1,9-10,14-16H2,2-8H3,(H,32,36)(H,34,37). The maximum Gasteiger partial charge on any atom is 0.407 e. The lowest BCUT2D eigenvalue weighted by molar-refractivity contribution is -0.115. The molecule has 1 atom stereocenters. The van der Waals surface area contributed by atoms with Crippen LogP contribution in [0.5, 0.6) is 0 Å². The molecule has 0 aliphatic rings. The minimum absolute atomic E-state index is 0.160. The van der Waals surface area contributed by atoms with E-state index in [1.54, 1.807) is 57.7 Å². The third kappa shape index (κ3) is 10.8. The van der Waals surface area contributed by atoms with Crippen molar-refractivity contribution >= 4 is 40.4 Å². The van der Waals surface area contributed by atoms with Crippen molar-refractivity contribution < 1.29 is 27.5 Å². The van der Waals surface area contributed by atoms with Gasteiger partial charge in [0.05, 0.1) is 11.6 Å². The zero-order valence-corrected chi connectivity index (χ0v) is 24.6. The molecule has 2 aromatic rings. The third-order valence-corrected chi connectivity index (χ3v) is 6.71. The number of hydrogen-bond acceptors (Lipinski definition) is 6. The fourth-order valence-corrected chi connectivity index (χ4v) is 4.60. The molecule has 1 unspecified atom stereocenters. The Kier molecular flexibility index (Phi) is 10.9. The van der Waals surface area contributed by atoms with Crippen LogP contribution in [0.15, 0.2) is 18.2 Å². The summed E-state index contributed by atoms with van der Waals surface area (Å²) in [6.07, 6.45) is -4.18. The van der Waals surface area contributed by atoms with Crippen LogP contribution in [0.1, 0.15) is 69.6 Å². The number of carbonyl (C=O) groups is 2. The first-order valence-electron chi connectivity index (χ1n) is 12.8. The molecule has 0 aliphatic heterocycles. The van der Waals surface area contributed by atoms with Gasteiger partial charge in [-0.25, -0.2) is 9.78 Å². The molecule has 1 aromatic heterocycles. The summed E-state index contributed by atoms with van der Waals surface area (Å²) in [5.74, 6) is 0.944. The van der Waals surface area contributed by atoms with E-state index in [-0.39, 0.29) is 18.3 Å². The fraction of sp³-hybridized carbons (Fsp3) is 0.571. The van der Waals surface area contributed by atoms with E-state index in [4.69, 9.17) is 4.74 Å². The number of rotatable bonds is 10. The second kappa shape index (κ2) is 13.1. The van der Waals surface area contributed by atoms with Crippen molar-refractivity contribution in [2.45, 2.75) is 78.1 Å². The van der Waals surface area contributed by atoms with E-state index in [1.807, 2.05) is 20.8 Å². The summed E-state index contributed by atoms with van der Waals surface area (Å²) in [5, 5.41) is 8.79. The van der Waals surface area contributed by atoms with Crippen molar-refractivity contribution in [3.8, 4) is 0 Å². The number of nitrogens with one attached hydrogen (secondary N) is 3. The van der Waals surface area contributed by atoms with Crippen molar-refractivity contribution in [1.29, 1.82) is 0 Å². The molecule has 0 spiro atoms. The van der Waals surface area contributed by atoms with Crippen LogP contribution in [0, 0.1) is 13.8 Å². The van der Waals surface area contributed by atoms with E-state index < -0.39 is 35.7 Å². The Morgan fingerprint density at radius 2 is 1.77 bits per heavy atom. The van der Waals surface area contributed by atoms with Gasteiger partial charge in [-0.15, -0.1) is 0 Å². The normalized spacial score (nSPS) is 13.2. The molecule has 1 radical (unpaired) electrons. The molecule has 0 fully saturated rings. The summed E-state index contributed by atoms with van der Waals surface area (Å²) >= 11 is 1.61. The average Bonchev–Trinajstić information content (AvgIpc) is 2.78. The number of pyridine rings is 1. The van der Waals surface area contributed by atoms with Crippen LogP contribution < -0.4 is 16.0 Å². The van der Waals surface area contributed by atoms with Gasteiger partial charge in [-0.1, -0.05) is 27.7 Å². The lowest BCUT2D eigenvalue weighted by Crippen LogP contribution is -2.47. The smallest absolute Gasteiger partial charge is 0.407 e. The predicted molar refractivity (Wildman–Crippen MR) is 153 cm³/mol. The number of halogens is 3. The lowest BCUT2D eigenvalue weighted by Gasteiger charge is -2.24.